The topological polar surface area (TPSA) is 65.4 Å². The van der Waals surface area contributed by atoms with E-state index < -0.39 is 5.60 Å². The average Bonchev–Trinajstić information content (AvgIpc) is 2.49. The van der Waals surface area contributed by atoms with Gasteiger partial charge in [0.1, 0.15) is 5.60 Å². The summed E-state index contributed by atoms with van der Waals surface area (Å²) in [6.07, 6.45) is 0.533. The van der Waals surface area contributed by atoms with Crippen LogP contribution < -0.4 is 5.32 Å². The molecule has 1 aromatic carbocycles. The summed E-state index contributed by atoms with van der Waals surface area (Å²) in [5.74, 6) is 0. The fourth-order valence-corrected chi connectivity index (χ4v) is 2.06. The Morgan fingerprint density at radius 1 is 1.43 bits per heavy atom. The van der Waals surface area contributed by atoms with Gasteiger partial charge in [-0.25, -0.2) is 4.79 Å². The number of nitrogens with one attached hydrogen (secondary N) is 1. The van der Waals surface area contributed by atoms with Gasteiger partial charge in [-0.3, -0.25) is 0 Å². The minimum atomic E-state index is -0.468. The molecular weight excluding hydrogens is 290 g/mol. The Kier molecular flexibility index (Phi) is 7.05. The molecule has 1 unspecified atom stereocenters. The van der Waals surface area contributed by atoms with Crippen molar-refractivity contribution in [2.24, 2.45) is 0 Å². The summed E-state index contributed by atoms with van der Waals surface area (Å²) in [6, 6.07) is 9.90. The molecular formula is C18H27N3O2. The van der Waals surface area contributed by atoms with Crippen LogP contribution in [-0.2, 0) is 4.74 Å². The van der Waals surface area contributed by atoms with Crippen molar-refractivity contribution in [2.75, 3.05) is 20.1 Å². The molecule has 0 saturated heterocycles. The van der Waals surface area contributed by atoms with Crippen molar-refractivity contribution in [3.63, 3.8) is 0 Å². The van der Waals surface area contributed by atoms with Crippen LogP contribution in [0.1, 0.15) is 51.3 Å². The number of ether oxygens (including phenoxy) is 1. The predicted molar refractivity (Wildman–Crippen MR) is 91.1 cm³/mol. The largest absolute Gasteiger partial charge is 0.444 e. The number of carbonyl (C=O) groups is 1. The lowest BCUT2D eigenvalue weighted by atomic mass is 10.1. The predicted octanol–water partition coefficient (Wildman–Crippen LogP) is 3.47. The van der Waals surface area contributed by atoms with E-state index in [2.05, 4.69) is 18.3 Å². The Morgan fingerprint density at radius 3 is 2.74 bits per heavy atom. The monoisotopic (exact) mass is 317 g/mol. The molecule has 126 valence electrons. The molecule has 0 aliphatic rings. The van der Waals surface area contributed by atoms with E-state index in [-0.39, 0.29) is 12.1 Å². The third-order valence-electron chi connectivity index (χ3n) is 3.34. The molecule has 0 aliphatic heterocycles. The molecule has 5 nitrogen and oxygen atoms in total. The molecule has 0 heterocycles. The van der Waals surface area contributed by atoms with Crippen LogP contribution in [0.4, 0.5) is 4.79 Å². The van der Waals surface area contributed by atoms with E-state index in [0.717, 1.165) is 18.5 Å². The summed E-state index contributed by atoms with van der Waals surface area (Å²) in [4.78, 5) is 13.4. The van der Waals surface area contributed by atoms with Gasteiger partial charge >= 0.3 is 6.09 Å². The second kappa shape index (κ2) is 8.54. The minimum Gasteiger partial charge on any atom is -0.444 e. The summed E-state index contributed by atoms with van der Waals surface area (Å²) < 4.78 is 5.31. The Labute approximate surface area is 139 Å². The first-order chi connectivity index (χ1) is 10.7. The number of amides is 1. The lowest BCUT2D eigenvalue weighted by Gasteiger charge is -2.24. The van der Waals surface area contributed by atoms with Crippen LogP contribution in [0.25, 0.3) is 0 Å². The van der Waals surface area contributed by atoms with Gasteiger partial charge in [0.15, 0.2) is 0 Å². The smallest absolute Gasteiger partial charge is 0.410 e. The van der Waals surface area contributed by atoms with Gasteiger partial charge in [0, 0.05) is 19.6 Å². The van der Waals surface area contributed by atoms with Gasteiger partial charge in [-0.15, -0.1) is 0 Å². The molecule has 1 amide bonds. The average molecular weight is 317 g/mol. The highest BCUT2D eigenvalue weighted by Crippen LogP contribution is 2.14. The zero-order valence-corrected chi connectivity index (χ0v) is 14.7. The van der Waals surface area contributed by atoms with Crippen LogP contribution in [0.2, 0.25) is 0 Å². The number of hydrogen-bond donors (Lipinski definition) is 1. The SMILES string of the molecule is CC(NCCCN(C)C(=O)OC(C)(C)C)c1cccc(C#N)c1. The van der Waals surface area contributed by atoms with Crippen LogP contribution in [0.3, 0.4) is 0 Å². The number of nitriles is 1. The second-order valence-electron chi connectivity index (χ2n) is 6.67. The van der Waals surface area contributed by atoms with Crippen LogP contribution in [0.15, 0.2) is 24.3 Å². The van der Waals surface area contributed by atoms with E-state index >= 15 is 0 Å². The Hall–Kier alpha value is -2.06. The van der Waals surface area contributed by atoms with Crippen molar-refractivity contribution in [1.82, 2.24) is 10.2 Å². The minimum absolute atomic E-state index is 0.162. The first-order valence-corrected chi connectivity index (χ1v) is 7.90. The molecule has 1 N–H and O–H groups in total. The van der Waals surface area contributed by atoms with Gasteiger partial charge in [0.05, 0.1) is 11.6 Å². The number of benzene rings is 1. The molecule has 5 heteroatoms. The van der Waals surface area contributed by atoms with Crippen LogP contribution in [-0.4, -0.2) is 36.7 Å². The van der Waals surface area contributed by atoms with Crippen LogP contribution in [0.5, 0.6) is 0 Å². The van der Waals surface area contributed by atoms with Crippen molar-refractivity contribution in [1.29, 1.82) is 5.26 Å². The second-order valence-corrected chi connectivity index (χ2v) is 6.67. The van der Waals surface area contributed by atoms with Gasteiger partial charge in [-0.2, -0.15) is 5.26 Å². The molecule has 1 aromatic rings. The highest BCUT2D eigenvalue weighted by molar-refractivity contribution is 5.67. The van der Waals surface area contributed by atoms with E-state index in [1.165, 1.54) is 0 Å². The summed E-state index contributed by atoms with van der Waals surface area (Å²) in [6.45, 7) is 9.05. The van der Waals surface area contributed by atoms with E-state index in [9.17, 15) is 4.79 Å². The van der Waals surface area contributed by atoms with Gasteiger partial charge in [0.2, 0.25) is 0 Å². The lowest BCUT2D eigenvalue weighted by Crippen LogP contribution is -2.35. The zero-order valence-electron chi connectivity index (χ0n) is 14.7. The van der Waals surface area contributed by atoms with E-state index in [1.54, 1.807) is 18.0 Å². The van der Waals surface area contributed by atoms with E-state index in [1.807, 2.05) is 39.0 Å². The van der Waals surface area contributed by atoms with Gasteiger partial charge in [-0.05, 0) is 58.4 Å². The Bertz CT molecular complexity index is 558. The van der Waals surface area contributed by atoms with Crippen molar-refractivity contribution in [3.8, 4) is 6.07 Å². The zero-order chi connectivity index (χ0) is 17.5. The maximum absolute atomic E-state index is 11.8. The first-order valence-electron chi connectivity index (χ1n) is 7.90. The van der Waals surface area contributed by atoms with Crippen molar-refractivity contribution in [3.05, 3.63) is 35.4 Å². The summed E-state index contributed by atoms with van der Waals surface area (Å²) >= 11 is 0. The van der Waals surface area contributed by atoms with Crippen molar-refractivity contribution < 1.29 is 9.53 Å². The fourth-order valence-electron chi connectivity index (χ4n) is 2.06. The van der Waals surface area contributed by atoms with Gasteiger partial charge in [-0.1, -0.05) is 12.1 Å². The molecule has 1 atom stereocenters. The molecule has 0 bridgehead atoms. The number of hydrogen-bond acceptors (Lipinski definition) is 4. The molecule has 23 heavy (non-hydrogen) atoms. The standard InChI is InChI=1S/C18H27N3O2/c1-14(16-9-6-8-15(12-16)13-19)20-10-7-11-21(5)17(22)23-18(2,3)4/h6,8-9,12,14,20H,7,10-11H2,1-5H3. The lowest BCUT2D eigenvalue weighted by molar-refractivity contribution is 0.0297. The highest BCUT2D eigenvalue weighted by atomic mass is 16.6. The fraction of sp³-hybridized carbons (Fsp3) is 0.556. The van der Waals surface area contributed by atoms with E-state index in [4.69, 9.17) is 10.00 Å². The van der Waals surface area contributed by atoms with Crippen molar-refractivity contribution >= 4 is 6.09 Å². The molecule has 0 fully saturated rings. The normalized spacial score (nSPS) is 12.3. The van der Waals surface area contributed by atoms with Gasteiger partial charge in [0.25, 0.3) is 0 Å². The maximum Gasteiger partial charge on any atom is 0.410 e. The van der Waals surface area contributed by atoms with Gasteiger partial charge < -0.3 is 15.0 Å². The van der Waals surface area contributed by atoms with Crippen molar-refractivity contribution in [2.45, 2.75) is 45.8 Å². The molecule has 0 saturated carbocycles. The first kappa shape index (κ1) is 19.0. The third-order valence-corrected chi connectivity index (χ3v) is 3.34. The molecule has 0 aromatic heterocycles. The van der Waals surface area contributed by atoms with E-state index in [0.29, 0.717) is 12.1 Å². The Balaban J connectivity index is 2.34. The number of nitrogens with zero attached hydrogens (tertiary/aromatic N) is 2. The van der Waals surface area contributed by atoms with Crippen LogP contribution >= 0.6 is 0 Å². The Morgan fingerprint density at radius 2 is 2.13 bits per heavy atom. The molecule has 1 rings (SSSR count). The maximum atomic E-state index is 11.8. The summed E-state index contributed by atoms with van der Waals surface area (Å²) in [5, 5.41) is 12.3. The quantitative estimate of drug-likeness (QED) is 0.816. The number of carbonyl (C=O) groups excluding carboxylic acids is 1. The third kappa shape index (κ3) is 7.16. The summed E-state index contributed by atoms with van der Waals surface area (Å²) in [5.41, 5.74) is 1.29. The summed E-state index contributed by atoms with van der Waals surface area (Å²) in [7, 11) is 1.74. The molecule has 0 aliphatic carbocycles. The van der Waals surface area contributed by atoms with Crippen LogP contribution in [0, 0.1) is 11.3 Å². The molecule has 0 spiro atoms. The highest BCUT2D eigenvalue weighted by Gasteiger charge is 2.19. The molecule has 0 radical (unpaired) electrons. The number of rotatable bonds is 6.